The predicted octanol–water partition coefficient (Wildman–Crippen LogP) is 15.1. The number of carbonyl (C=O) groups is 3. The van der Waals surface area contributed by atoms with Crippen LogP contribution in [0.3, 0.4) is 0 Å². The standard InChI is InChI=1S/C55H96O7/c1-16-42(13)37-52(23-8)33-34-55(52,48(59)62-40-43-31-29-28-30-32-43)41-51(21-6,22-7)54(26-11,27-12)45(47(58)61-36-35-60-15)39-50(19-4,20-5)53(24-9,25-10)44(46(56)57)38-49(14,17-2)18-3/h28-32,42,44-45H,16-27,33-41H2,1-15H3,(H,56,57). The molecule has 0 spiro atoms. The molecule has 5 atom stereocenters. The lowest BCUT2D eigenvalue weighted by atomic mass is 9.38. The summed E-state index contributed by atoms with van der Waals surface area (Å²) in [7, 11) is 1.63. The fourth-order valence-corrected chi connectivity index (χ4v) is 14.0. The van der Waals surface area contributed by atoms with Gasteiger partial charge in [0.15, 0.2) is 0 Å². The lowest BCUT2D eigenvalue weighted by molar-refractivity contribution is -0.210. The third-order valence-electron chi connectivity index (χ3n) is 19.2. The Balaban J connectivity index is 3.09. The van der Waals surface area contributed by atoms with Crippen LogP contribution >= 0.6 is 0 Å². The van der Waals surface area contributed by atoms with E-state index in [-0.39, 0.29) is 36.0 Å². The lowest BCUT2D eigenvalue weighted by Crippen LogP contribution is -2.62. The molecule has 1 N–H and O–H groups in total. The second-order valence-corrected chi connectivity index (χ2v) is 20.4. The van der Waals surface area contributed by atoms with Crippen LogP contribution < -0.4 is 0 Å². The monoisotopic (exact) mass is 869 g/mol. The van der Waals surface area contributed by atoms with E-state index in [0.29, 0.717) is 44.6 Å². The zero-order chi connectivity index (χ0) is 47.0. The fourth-order valence-electron chi connectivity index (χ4n) is 14.0. The summed E-state index contributed by atoms with van der Waals surface area (Å²) < 4.78 is 18.3. The van der Waals surface area contributed by atoms with Crippen molar-refractivity contribution >= 4 is 17.9 Å². The molecule has 5 unspecified atom stereocenters. The number of methoxy groups -OCH3 is 1. The number of hydrogen-bond donors (Lipinski definition) is 1. The van der Waals surface area contributed by atoms with Gasteiger partial charge in [0.2, 0.25) is 0 Å². The number of hydrogen-bond acceptors (Lipinski definition) is 6. The average molecular weight is 869 g/mol. The summed E-state index contributed by atoms with van der Waals surface area (Å²) >= 11 is 0. The maximum absolute atomic E-state index is 15.4. The summed E-state index contributed by atoms with van der Waals surface area (Å²) in [5, 5.41) is 11.4. The minimum atomic E-state index is -0.723. The summed E-state index contributed by atoms with van der Waals surface area (Å²) in [5.74, 6) is -1.67. The molecular formula is C55H96O7. The zero-order valence-corrected chi connectivity index (χ0v) is 42.9. The van der Waals surface area contributed by atoms with Gasteiger partial charge in [0.1, 0.15) is 13.2 Å². The molecule has 0 bridgehead atoms. The van der Waals surface area contributed by atoms with Crippen molar-refractivity contribution in [3.63, 3.8) is 0 Å². The van der Waals surface area contributed by atoms with Crippen LogP contribution in [-0.2, 0) is 35.2 Å². The SMILES string of the molecule is CCC(C)CC1(CC)CCC1(CC(CC)(CC)C(CC)(CC)C(CC(CC)(CC)C(CC)(CC)C(CC(C)(CC)CC)C(=O)O)C(=O)OCCOC)C(=O)OCc1ccccc1. The van der Waals surface area contributed by atoms with Crippen molar-refractivity contribution in [1.29, 1.82) is 0 Å². The van der Waals surface area contributed by atoms with Gasteiger partial charge in [-0.25, -0.2) is 0 Å². The van der Waals surface area contributed by atoms with Crippen molar-refractivity contribution in [3.05, 3.63) is 35.9 Å². The van der Waals surface area contributed by atoms with Gasteiger partial charge in [-0.3, -0.25) is 14.4 Å². The third-order valence-corrected chi connectivity index (χ3v) is 19.2. The van der Waals surface area contributed by atoms with Gasteiger partial charge in [0.05, 0.1) is 23.9 Å². The molecule has 0 radical (unpaired) electrons. The molecule has 1 aromatic carbocycles. The Hall–Kier alpha value is -2.41. The summed E-state index contributed by atoms with van der Waals surface area (Å²) in [6.45, 7) is 32.1. The smallest absolute Gasteiger partial charge is 0.312 e. The van der Waals surface area contributed by atoms with Crippen LogP contribution in [0.1, 0.15) is 218 Å². The van der Waals surface area contributed by atoms with E-state index < -0.39 is 44.9 Å². The Kier molecular flexibility index (Phi) is 21.8. The number of carbonyl (C=O) groups excluding carboxylic acids is 2. The number of rotatable bonds is 32. The molecule has 1 fully saturated rings. The molecule has 2 rings (SSSR count). The molecule has 0 amide bonds. The molecule has 1 aliphatic carbocycles. The molecule has 1 aromatic rings. The molecule has 7 heteroatoms. The van der Waals surface area contributed by atoms with Crippen LogP contribution in [0.2, 0.25) is 0 Å². The van der Waals surface area contributed by atoms with Crippen molar-refractivity contribution in [2.24, 2.45) is 55.7 Å². The zero-order valence-electron chi connectivity index (χ0n) is 42.9. The molecular weight excluding hydrogens is 773 g/mol. The third kappa shape index (κ3) is 10.7. The quantitative estimate of drug-likeness (QED) is 0.0569. The van der Waals surface area contributed by atoms with E-state index in [0.717, 1.165) is 89.0 Å². The number of ether oxygens (including phenoxy) is 3. The van der Waals surface area contributed by atoms with Gasteiger partial charge in [-0.15, -0.1) is 0 Å². The van der Waals surface area contributed by atoms with Crippen molar-refractivity contribution in [2.45, 2.75) is 219 Å². The second-order valence-electron chi connectivity index (χ2n) is 20.4. The van der Waals surface area contributed by atoms with Crippen LogP contribution in [0, 0.1) is 55.7 Å². The number of carboxylic acid groups (broad SMARTS) is 1. The van der Waals surface area contributed by atoms with E-state index in [4.69, 9.17) is 14.2 Å². The Morgan fingerprint density at radius 3 is 1.61 bits per heavy atom. The van der Waals surface area contributed by atoms with Gasteiger partial charge in [0, 0.05) is 7.11 Å². The van der Waals surface area contributed by atoms with Gasteiger partial charge >= 0.3 is 17.9 Å². The van der Waals surface area contributed by atoms with Crippen LogP contribution in [0.4, 0.5) is 0 Å². The number of aliphatic carboxylic acids is 1. The van der Waals surface area contributed by atoms with E-state index >= 15 is 9.59 Å². The largest absolute Gasteiger partial charge is 0.481 e. The molecule has 358 valence electrons. The van der Waals surface area contributed by atoms with E-state index in [1.165, 1.54) is 0 Å². The van der Waals surface area contributed by atoms with E-state index in [2.05, 4.69) is 96.9 Å². The topological polar surface area (TPSA) is 99.1 Å². The number of esters is 2. The first-order valence-corrected chi connectivity index (χ1v) is 25.5. The minimum absolute atomic E-state index is 0.0870. The van der Waals surface area contributed by atoms with Gasteiger partial charge in [-0.05, 0) is 140 Å². The fraction of sp³-hybridized carbons (Fsp3) is 0.836. The maximum Gasteiger partial charge on any atom is 0.312 e. The molecule has 1 aliphatic rings. The molecule has 0 saturated heterocycles. The summed E-state index contributed by atoms with van der Waals surface area (Å²) in [6.07, 6.45) is 14.3. The Labute approximate surface area is 381 Å². The average Bonchev–Trinajstić information content (AvgIpc) is 3.29. The number of benzene rings is 1. The second kappa shape index (κ2) is 24.2. The van der Waals surface area contributed by atoms with Crippen molar-refractivity contribution in [3.8, 4) is 0 Å². The highest BCUT2D eigenvalue weighted by Crippen LogP contribution is 2.72. The van der Waals surface area contributed by atoms with Crippen LogP contribution in [0.15, 0.2) is 30.3 Å². The number of carboxylic acids is 1. The highest BCUT2D eigenvalue weighted by atomic mass is 16.6. The predicted molar refractivity (Wildman–Crippen MR) is 257 cm³/mol. The summed E-state index contributed by atoms with van der Waals surface area (Å²) in [5.41, 5.74) is -2.13. The normalized spacial score (nSPS) is 20.2. The van der Waals surface area contributed by atoms with Gasteiger partial charge < -0.3 is 19.3 Å². The van der Waals surface area contributed by atoms with Gasteiger partial charge in [-0.2, -0.15) is 0 Å². The Bertz CT molecular complexity index is 1480. The first kappa shape index (κ1) is 55.7. The van der Waals surface area contributed by atoms with Crippen LogP contribution in [-0.4, -0.2) is 43.3 Å². The molecule has 0 heterocycles. The highest BCUT2D eigenvalue weighted by molar-refractivity contribution is 5.80. The summed E-state index contributed by atoms with van der Waals surface area (Å²) in [6, 6.07) is 10.0. The van der Waals surface area contributed by atoms with Gasteiger partial charge in [0.25, 0.3) is 0 Å². The van der Waals surface area contributed by atoms with E-state index in [1.54, 1.807) is 7.11 Å². The van der Waals surface area contributed by atoms with Crippen molar-refractivity contribution < 1.29 is 33.7 Å². The van der Waals surface area contributed by atoms with Crippen LogP contribution in [0.5, 0.6) is 0 Å². The first-order chi connectivity index (χ1) is 29.4. The highest BCUT2D eigenvalue weighted by Gasteiger charge is 2.68. The molecule has 0 aromatic heterocycles. The summed E-state index contributed by atoms with van der Waals surface area (Å²) in [4.78, 5) is 44.6. The van der Waals surface area contributed by atoms with Crippen molar-refractivity contribution in [1.82, 2.24) is 0 Å². The van der Waals surface area contributed by atoms with E-state index in [9.17, 15) is 9.90 Å². The maximum atomic E-state index is 15.4. The van der Waals surface area contributed by atoms with Crippen molar-refractivity contribution in [2.75, 3.05) is 20.3 Å². The van der Waals surface area contributed by atoms with Crippen LogP contribution in [0.25, 0.3) is 0 Å². The van der Waals surface area contributed by atoms with Gasteiger partial charge in [-0.1, -0.05) is 147 Å². The molecule has 7 nitrogen and oxygen atoms in total. The molecule has 62 heavy (non-hydrogen) atoms. The Morgan fingerprint density at radius 1 is 0.677 bits per heavy atom. The lowest BCUT2D eigenvalue weighted by Gasteiger charge is -2.65. The molecule has 1 saturated carbocycles. The first-order valence-electron chi connectivity index (χ1n) is 25.5. The Morgan fingerprint density at radius 2 is 1.21 bits per heavy atom. The van der Waals surface area contributed by atoms with E-state index in [1.807, 2.05) is 30.3 Å². The minimum Gasteiger partial charge on any atom is -0.481 e. The molecule has 0 aliphatic heterocycles.